The van der Waals surface area contributed by atoms with E-state index in [1.165, 1.54) is 5.56 Å². The summed E-state index contributed by atoms with van der Waals surface area (Å²) in [6, 6.07) is 15.8. The quantitative estimate of drug-likeness (QED) is 0.701. The van der Waals surface area contributed by atoms with Gasteiger partial charge >= 0.3 is 0 Å². The Bertz CT molecular complexity index is 654. The van der Waals surface area contributed by atoms with Crippen LogP contribution in [-0.2, 0) is 17.6 Å². The van der Waals surface area contributed by atoms with Crippen LogP contribution in [0.25, 0.3) is 0 Å². The molecule has 0 bridgehead atoms. The molecule has 0 aliphatic heterocycles. The number of benzene rings is 2. The average Bonchev–Trinajstić information content (AvgIpc) is 2.61. The molecule has 0 aliphatic rings. The van der Waals surface area contributed by atoms with Crippen molar-refractivity contribution in [1.29, 1.82) is 0 Å². The first-order valence-corrected chi connectivity index (χ1v) is 8.55. The zero-order chi connectivity index (χ0) is 17.4. The summed E-state index contributed by atoms with van der Waals surface area (Å²) in [5, 5.41) is 9.45. The van der Waals surface area contributed by atoms with Crippen molar-refractivity contribution >= 4 is 34.6 Å². The Morgan fingerprint density at radius 1 is 0.875 bits per heavy atom. The van der Waals surface area contributed by atoms with Crippen molar-refractivity contribution in [2.75, 3.05) is 17.2 Å². The summed E-state index contributed by atoms with van der Waals surface area (Å²) in [4.78, 5) is 12.1. The molecule has 0 saturated heterocycles. The van der Waals surface area contributed by atoms with Crippen LogP contribution in [0.3, 0.4) is 0 Å². The van der Waals surface area contributed by atoms with E-state index in [-0.39, 0.29) is 12.5 Å². The molecule has 2 aromatic carbocycles. The van der Waals surface area contributed by atoms with Crippen LogP contribution < -0.4 is 16.0 Å². The van der Waals surface area contributed by atoms with Gasteiger partial charge in [-0.1, -0.05) is 50.2 Å². The van der Waals surface area contributed by atoms with E-state index in [0.717, 1.165) is 29.8 Å². The van der Waals surface area contributed by atoms with E-state index in [9.17, 15) is 4.79 Å². The summed E-state index contributed by atoms with van der Waals surface area (Å²) in [5.74, 6) is -0.121. The lowest BCUT2D eigenvalue weighted by atomic mass is 10.1. The van der Waals surface area contributed by atoms with Gasteiger partial charge in [-0.25, -0.2) is 0 Å². The summed E-state index contributed by atoms with van der Waals surface area (Å²) in [7, 11) is 0. The molecule has 0 saturated carbocycles. The monoisotopic (exact) mass is 341 g/mol. The third-order valence-electron chi connectivity index (χ3n) is 3.73. The van der Waals surface area contributed by atoms with Gasteiger partial charge in [0.25, 0.3) is 0 Å². The maximum Gasteiger partial charge on any atom is 0.243 e. The number of aryl methyl sites for hydroxylation is 2. The third kappa shape index (κ3) is 5.06. The number of amides is 1. The molecule has 5 heteroatoms. The van der Waals surface area contributed by atoms with Crippen molar-refractivity contribution in [1.82, 2.24) is 5.32 Å². The molecule has 3 N–H and O–H groups in total. The Balaban J connectivity index is 1.86. The fourth-order valence-electron chi connectivity index (χ4n) is 2.42. The largest absolute Gasteiger partial charge is 0.353 e. The number of carbonyl (C=O) groups excluding carboxylic acids is 1. The third-order valence-corrected chi connectivity index (χ3v) is 3.97. The van der Waals surface area contributed by atoms with Crippen LogP contribution in [0, 0.1) is 0 Å². The molecule has 0 unspecified atom stereocenters. The first-order chi connectivity index (χ1) is 11.6. The number of anilines is 2. The zero-order valence-corrected chi connectivity index (χ0v) is 14.9. The molecule has 0 spiro atoms. The van der Waals surface area contributed by atoms with Crippen molar-refractivity contribution in [3.8, 4) is 0 Å². The predicted molar refractivity (Wildman–Crippen MR) is 104 cm³/mol. The maximum atomic E-state index is 12.1. The molecular weight excluding hydrogens is 318 g/mol. The fraction of sp³-hybridized carbons (Fsp3) is 0.263. The Morgan fingerprint density at radius 3 is 1.92 bits per heavy atom. The first kappa shape index (κ1) is 17.9. The lowest BCUT2D eigenvalue weighted by Gasteiger charge is -2.14. The second kappa shape index (κ2) is 9.03. The molecule has 0 aromatic heterocycles. The smallest absolute Gasteiger partial charge is 0.243 e. The lowest BCUT2D eigenvalue weighted by molar-refractivity contribution is -0.115. The van der Waals surface area contributed by atoms with Crippen LogP contribution in [0.2, 0.25) is 0 Å². The Labute approximate surface area is 148 Å². The molecule has 0 radical (unpaired) electrons. The summed E-state index contributed by atoms with van der Waals surface area (Å²) in [5.41, 5.74) is 4.11. The van der Waals surface area contributed by atoms with Crippen LogP contribution in [-0.4, -0.2) is 17.6 Å². The molecule has 126 valence electrons. The van der Waals surface area contributed by atoms with Gasteiger partial charge in [-0.15, -0.1) is 0 Å². The summed E-state index contributed by atoms with van der Waals surface area (Å²) in [6.07, 6.45) is 1.79. The molecule has 2 rings (SSSR count). The van der Waals surface area contributed by atoms with Crippen molar-refractivity contribution in [3.05, 3.63) is 59.7 Å². The standard InChI is InChI=1S/C19H23N3OS/c1-3-14-9-5-7-11-16(14)21-18(23)13-20-19(24)22-17-12-8-6-10-15(17)4-2/h5-12H,3-4,13H2,1-2H3,(H,21,23)(H2,20,22,24). The van der Waals surface area contributed by atoms with Gasteiger partial charge in [-0.05, 0) is 48.3 Å². The summed E-state index contributed by atoms with van der Waals surface area (Å²) < 4.78 is 0. The number of thiocarbonyl (C=S) groups is 1. The minimum absolute atomic E-state index is 0.121. The Hall–Kier alpha value is -2.40. The highest BCUT2D eigenvalue weighted by atomic mass is 32.1. The van der Waals surface area contributed by atoms with Crippen LogP contribution in [0.1, 0.15) is 25.0 Å². The number of carbonyl (C=O) groups is 1. The van der Waals surface area contributed by atoms with Gasteiger partial charge in [0.15, 0.2) is 5.11 Å². The number of para-hydroxylation sites is 2. The highest BCUT2D eigenvalue weighted by molar-refractivity contribution is 7.80. The molecule has 4 nitrogen and oxygen atoms in total. The topological polar surface area (TPSA) is 53.2 Å². The summed E-state index contributed by atoms with van der Waals surface area (Å²) in [6.45, 7) is 4.28. The number of hydrogen-bond acceptors (Lipinski definition) is 2. The molecule has 0 fully saturated rings. The second-order valence-corrected chi connectivity index (χ2v) is 5.79. The van der Waals surface area contributed by atoms with E-state index < -0.39 is 0 Å². The average molecular weight is 341 g/mol. The minimum atomic E-state index is -0.121. The SMILES string of the molecule is CCc1ccccc1NC(=O)CNC(=S)Nc1ccccc1CC. The van der Waals surface area contributed by atoms with E-state index in [1.54, 1.807) is 0 Å². The molecular formula is C19H23N3OS. The van der Waals surface area contributed by atoms with Gasteiger partial charge in [-0.2, -0.15) is 0 Å². The highest BCUT2D eigenvalue weighted by Crippen LogP contribution is 2.16. The van der Waals surface area contributed by atoms with Crippen molar-refractivity contribution in [3.63, 3.8) is 0 Å². The van der Waals surface area contributed by atoms with E-state index >= 15 is 0 Å². The summed E-state index contributed by atoms with van der Waals surface area (Å²) >= 11 is 5.27. The molecule has 0 heterocycles. The first-order valence-electron chi connectivity index (χ1n) is 8.14. The van der Waals surface area contributed by atoms with Crippen molar-refractivity contribution < 1.29 is 4.79 Å². The molecule has 0 atom stereocenters. The number of hydrogen-bond donors (Lipinski definition) is 3. The normalized spacial score (nSPS) is 10.1. The van der Waals surface area contributed by atoms with Crippen LogP contribution in [0.4, 0.5) is 11.4 Å². The van der Waals surface area contributed by atoms with E-state index in [2.05, 4.69) is 35.9 Å². The van der Waals surface area contributed by atoms with Gasteiger partial charge in [0.2, 0.25) is 5.91 Å². The van der Waals surface area contributed by atoms with E-state index in [1.807, 2.05) is 42.5 Å². The zero-order valence-electron chi connectivity index (χ0n) is 14.1. The highest BCUT2D eigenvalue weighted by Gasteiger charge is 2.07. The Kier molecular flexibility index (Phi) is 6.75. The van der Waals surface area contributed by atoms with E-state index in [0.29, 0.717) is 5.11 Å². The Morgan fingerprint density at radius 2 is 1.38 bits per heavy atom. The molecule has 2 aromatic rings. The van der Waals surface area contributed by atoms with Crippen LogP contribution in [0.5, 0.6) is 0 Å². The van der Waals surface area contributed by atoms with Crippen molar-refractivity contribution in [2.45, 2.75) is 26.7 Å². The minimum Gasteiger partial charge on any atom is -0.353 e. The van der Waals surface area contributed by atoms with Gasteiger partial charge in [0.05, 0.1) is 6.54 Å². The second-order valence-electron chi connectivity index (χ2n) is 5.38. The number of nitrogens with one attached hydrogen (secondary N) is 3. The fourth-order valence-corrected chi connectivity index (χ4v) is 2.60. The van der Waals surface area contributed by atoms with Crippen LogP contribution in [0.15, 0.2) is 48.5 Å². The van der Waals surface area contributed by atoms with E-state index in [4.69, 9.17) is 12.2 Å². The van der Waals surface area contributed by atoms with Gasteiger partial charge in [-0.3, -0.25) is 4.79 Å². The molecule has 0 aliphatic carbocycles. The van der Waals surface area contributed by atoms with Gasteiger partial charge < -0.3 is 16.0 Å². The number of rotatable bonds is 6. The maximum absolute atomic E-state index is 12.1. The lowest BCUT2D eigenvalue weighted by Crippen LogP contribution is -2.35. The van der Waals surface area contributed by atoms with Crippen LogP contribution >= 0.6 is 12.2 Å². The van der Waals surface area contributed by atoms with Gasteiger partial charge in [0.1, 0.15) is 0 Å². The molecule has 1 amide bonds. The molecule has 24 heavy (non-hydrogen) atoms. The van der Waals surface area contributed by atoms with Crippen molar-refractivity contribution in [2.24, 2.45) is 0 Å². The predicted octanol–water partition coefficient (Wildman–Crippen LogP) is 3.74. The van der Waals surface area contributed by atoms with Gasteiger partial charge in [0, 0.05) is 11.4 Å².